The van der Waals surface area contributed by atoms with Crippen molar-refractivity contribution >= 4 is 9.84 Å². The van der Waals surface area contributed by atoms with Crippen molar-refractivity contribution in [3.05, 3.63) is 0 Å². The van der Waals surface area contributed by atoms with Gasteiger partial charge in [-0.3, -0.25) is 0 Å². The Morgan fingerprint density at radius 3 is 2.80 bits per heavy atom. The molecule has 0 aromatic carbocycles. The molecule has 2 aliphatic rings. The maximum Gasteiger partial charge on any atom is 0.154 e. The topological polar surface area (TPSA) is 46.2 Å². The highest BCUT2D eigenvalue weighted by molar-refractivity contribution is 7.92. The Bertz CT molecular complexity index is 234. The van der Waals surface area contributed by atoms with E-state index >= 15 is 0 Å². The van der Waals surface area contributed by atoms with E-state index in [1.165, 1.54) is 0 Å². The fraction of sp³-hybridized carbons (Fsp3) is 1.00. The van der Waals surface area contributed by atoms with E-state index < -0.39 is 9.84 Å². The SMILES string of the molecule is O=S1(=O)CC[C@H]2CNC[C@@H]21. The number of rotatable bonds is 0. The van der Waals surface area contributed by atoms with Gasteiger partial charge in [-0.25, -0.2) is 8.42 Å². The van der Waals surface area contributed by atoms with Crippen molar-refractivity contribution in [2.75, 3.05) is 18.8 Å². The van der Waals surface area contributed by atoms with E-state index in [4.69, 9.17) is 0 Å². The maximum absolute atomic E-state index is 11.2. The van der Waals surface area contributed by atoms with Crippen LogP contribution in [0.3, 0.4) is 0 Å². The Hall–Kier alpha value is -0.0900. The average Bonchev–Trinajstić information content (AvgIpc) is 2.36. The Kier molecular flexibility index (Phi) is 1.29. The maximum atomic E-state index is 11.2. The van der Waals surface area contributed by atoms with E-state index in [1.807, 2.05) is 0 Å². The van der Waals surface area contributed by atoms with Crippen LogP contribution in [0.5, 0.6) is 0 Å². The predicted molar refractivity (Wildman–Crippen MR) is 38.6 cm³/mol. The van der Waals surface area contributed by atoms with E-state index in [9.17, 15) is 8.42 Å². The summed E-state index contributed by atoms with van der Waals surface area (Å²) < 4.78 is 22.4. The van der Waals surface area contributed by atoms with Crippen LogP contribution in [-0.2, 0) is 9.84 Å². The van der Waals surface area contributed by atoms with Crippen LogP contribution in [0.1, 0.15) is 6.42 Å². The van der Waals surface area contributed by atoms with Crippen LogP contribution in [0, 0.1) is 5.92 Å². The van der Waals surface area contributed by atoms with Crippen LogP contribution < -0.4 is 5.32 Å². The lowest BCUT2D eigenvalue weighted by atomic mass is 10.1. The molecule has 1 N–H and O–H groups in total. The summed E-state index contributed by atoms with van der Waals surface area (Å²) in [7, 11) is -2.69. The predicted octanol–water partition coefficient (Wildman–Crippen LogP) is -0.607. The van der Waals surface area contributed by atoms with E-state index in [0.717, 1.165) is 13.0 Å². The summed E-state index contributed by atoms with van der Waals surface area (Å²) in [5.41, 5.74) is 0. The molecule has 0 radical (unpaired) electrons. The Labute approximate surface area is 60.7 Å². The largest absolute Gasteiger partial charge is 0.315 e. The minimum Gasteiger partial charge on any atom is -0.315 e. The molecule has 0 aromatic rings. The molecule has 2 fully saturated rings. The minimum absolute atomic E-state index is 0.0486. The molecular weight excluding hydrogens is 150 g/mol. The monoisotopic (exact) mass is 161 g/mol. The Morgan fingerprint density at radius 2 is 2.10 bits per heavy atom. The lowest BCUT2D eigenvalue weighted by Gasteiger charge is -2.03. The van der Waals surface area contributed by atoms with Gasteiger partial charge in [0.05, 0.1) is 11.0 Å². The first-order chi connectivity index (χ1) is 4.70. The summed E-state index contributed by atoms with van der Waals surface area (Å²) >= 11 is 0. The van der Waals surface area contributed by atoms with Gasteiger partial charge >= 0.3 is 0 Å². The molecule has 2 atom stereocenters. The van der Waals surface area contributed by atoms with Gasteiger partial charge in [-0.05, 0) is 18.9 Å². The lowest BCUT2D eigenvalue weighted by molar-refractivity contribution is 0.576. The number of fused-ring (bicyclic) bond motifs is 1. The number of hydrogen-bond acceptors (Lipinski definition) is 3. The Morgan fingerprint density at radius 1 is 1.30 bits per heavy atom. The van der Waals surface area contributed by atoms with E-state index in [2.05, 4.69) is 5.32 Å². The zero-order valence-corrected chi connectivity index (χ0v) is 6.52. The zero-order valence-electron chi connectivity index (χ0n) is 5.71. The highest BCUT2D eigenvalue weighted by Crippen LogP contribution is 2.28. The Balaban J connectivity index is 2.32. The van der Waals surface area contributed by atoms with Gasteiger partial charge in [0.2, 0.25) is 0 Å². The number of hydrogen-bond donors (Lipinski definition) is 1. The molecule has 2 heterocycles. The van der Waals surface area contributed by atoms with Crippen molar-refractivity contribution in [1.82, 2.24) is 5.32 Å². The first kappa shape index (κ1) is 6.61. The van der Waals surface area contributed by atoms with Gasteiger partial charge in [0, 0.05) is 6.54 Å². The molecule has 0 bridgehead atoms. The third kappa shape index (κ3) is 0.787. The van der Waals surface area contributed by atoms with Crippen LogP contribution in [0.25, 0.3) is 0 Å². The average molecular weight is 161 g/mol. The van der Waals surface area contributed by atoms with E-state index in [1.54, 1.807) is 0 Å². The van der Waals surface area contributed by atoms with Gasteiger partial charge in [-0.2, -0.15) is 0 Å². The second kappa shape index (κ2) is 1.95. The van der Waals surface area contributed by atoms with Crippen LogP contribution in [0.15, 0.2) is 0 Å². The quantitative estimate of drug-likeness (QED) is 0.515. The first-order valence-corrected chi connectivity index (χ1v) is 5.34. The van der Waals surface area contributed by atoms with Crippen molar-refractivity contribution < 1.29 is 8.42 Å². The third-order valence-corrected chi connectivity index (χ3v) is 4.79. The third-order valence-electron chi connectivity index (χ3n) is 2.51. The fourth-order valence-corrected chi connectivity index (χ4v) is 4.01. The molecule has 10 heavy (non-hydrogen) atoms. The van der Waals surface area contributed by atoms with Crippen molar-refractivity contribution in [2.45, 2.75) is 11.7 Å². The van der Waals surface area contributed by atoms with E-state index in [-0.39, 0.29) is 5.25 Å². The van der Waals surface area contributed by atoms with Crippen LogP contribution in [0.2, 0.25) is 0 Å². The number of nitrogens with one attached hydrogen (secondary N) is 1. The summed E-state index contributed by atoms with van der Waals surface area (Å²) in [5, 5.41) is 3.05. The lowest BCUT2D eigenvalue weighted by Crippen LogP contribution is -2.22. The molecule has 0 spiro atoms. The summed E-state index contributed by atoms with van der Waals surface area (Å²) in [6.07, 6.45) is 0.875. The van der Waals surface area contributed by atoms with Gasteiger partial charge < -0.3 is 5.32 Å². The normalized spacial score (nSPS) is 43.6. The molecular formula is C6H11NO2S. The fourth-order valence-electron chi connectivity index (χ4n) is 1.88. The minimum atomic E-state index is -2.69. The molecule has 2 rings (SSSR count). The van der Waals surface area contributed by atoms with Gasteiger partial charge in [-0.15, -0.1) is 0 Å². The molecule has 0 unspecified atom stereocenters. The zero-order chi connectivity index (χ0) is 7.19. The molecule has 2 aliphatic heterocycles. The van der Waals surface area contributed by atoms with Crippen molar-refractivity contribution in [2.24, 2.45) is 5.92 Å². The molecule has 4 heteroatoms. The summed E-state index contributed by atoms with van der Waals surface area (Å²) in [6.45, 7) is 1.59. The summed E-state index contributed by atoms with van der Waals surface area (Å²) in [6, 6.07) is 0. The summed E-state index contributed by atoms with van der Waals surface area (Å²) in [5.74, 6) is 0.842. The van der Waals surface area contributed by atoms with Crippen LogP contribution in [0.4, 0.5) is 0 Å². The highest BCUT2D eigenvalue weighted by Gasteiger charge is 2.42. The van der Waals surface area contributed by atoms with Crippen LogP contribution in [-0.4, -0.2) is 32.5 Å². The van der Waals surface area contributed by atoms with Gasteiger partial charge in [0.25, 0.3) is 0 Å². The van der Waals surface area contributed by atoms with Crippen molar-refractivity contribution in [3.63, 3.8) is 0 Å². The standard InChI is InChI=1S/C6H11NO2S/c8-10(9)2-1-5-3-7-4-6(5)10/h5-7H,1-4H2/t5-,6-/m0/s1. The smallest absolute Gasteiger partial charge is 0.154 e. The molecule has 2 saturated heterocycles. The molecule has 0 aromatic heterocycles. The molecule has 58 valence electrons. The van der Waals surface area contributed by atoms with E-state index in [0.29, 0.717) is 18.2 Å². The number of sulfone groups is 1. The highest BCUT2D eigenvalue weighted by atomic mass is 32.2. The molecule has 0 aliphatic carbocycles. The van der Waals surface area contributed by atoms with Gasteiger partial charge in [0.1, 0.15) is 0 Å². The second-order valence-electron chi connectivity index (χ2n) is 3.11. The summed E-state index contributed by atoms with van der Waals surface area (Å²) in [4.78, 5) is 0. The van der Waals surface area contributed by atoms with Crippen molar-refractivity contribution in [3.8, 4) is 0 Å². The molecule has 0 saturated carbocycles. The van der Waals surface area contributed by atoms with Gasteiger partial charge in [-0.1, -0.05) is 0 Å². The molecule has 0 amide bonds. The molecule has 3 nitrogen and oxygen atoms in total. The van der Waals surface area contributed by atoms with Crippen molar-refractivity contribution in [1.29, 1.82) is 0 Å². The van der Waals surface area contributed by atoms with Gasteiger partial charge in [0.15, 0.2) is 9.84 Å². The first-order valence-electron chi connectivity index (χ1n) is 3.62. The van der Waals surface area contributed by atoms with Crippen LogP contribution >= 0.6 is 0 Å². The second-order valence-corrected chi connectivity index (χ2v) is 5.45.